The molecule has 2 rings (SSSR count). The van der Waals surface area contributed by atoms with Gasteiger partial charge in [-0.05, 0) is 13.3 Å². The molecule has 0 bridgehead atoms. The number of hydrogen-bond donors (Lipinski definition) is 1. The average Bonchev–Trinajstić information content (AvgIpc) is 2.73. The maximum Gasteiger partial charge on any atom is 0.292 e. The van der Waals surface area contributed by atoms with Gasteiger partial charge < -0.3 is 15.2 Å². The fraction of sp³-hybridized carbons (Fsp3) is 0.556. The van der Waals surface area contributed by atoms with Gasteiger partial charge in [0.05, 0.1) is 5.69 Å². The molecular formula is C9H13N3O2. The summed E-state index contributed by atoms with van der Waals surface area (Å²) in [7, 11) is 0. The molecule has 1 amide bonds. The smallest absolute Gasteiger partial charge is 0.292 e. The summed E-state index contributed by atoms with van der Waals surface area (Å²) in [5.74, 6) is 0.190. The van der Waals surface area contributed by atoms with Crippen molar-refractivity contribution in [1.82, 2.24) is 10.1 Å². The highest BCUT2D eigenvalue weighted by molar-refractivity contribution is 5.91. The molecule has 5 nitrogen and oxygen atoms in total. The van der Waals surface area contributed by atoms with Gasteiger partial charge in [0.1, 0.15) is 0 Å². The first kappa shape index (κ1) is 9.21. The number of aromatic nitrogens is 1. The predicted octanol–water partition coefficient (Wildman–Crippen LogP) is 0.156. The first-order chi connectivity index (χ1) is 6.66. The van der Waals surface area contributed by atoms with Crippen molar-refractivity contribution < 1.29 is 9.32 Å². The highest BCUT2D eigenvalue weighted by atomic mass is 16.5. The van der Waals surface area contributed by atoms with Crippen molar-refractivity contribution in [1.29, 1.82) is 0 Å². The van der Waals surface area contributed by atoms with E-state index in [1.54, 1.807) is 17.9 Å². The van der Waals surface area contributed by atoms with Crippen LogP contribution in [0.3, 0.4) is 0 Å². The largest absolute Gasteiger partial charge is 0.351 e. The average molecular weight is 195 g/mol. The van der Waals surface area contributed by atoms with Gasteiger partial charge >= 0.3 is 0 Å². The molecule has 1 aliphatic heterocycles. The van der Waals surface area contributed by atoms with E-state index < -0.39 is 0 Å². The number of hydrogen-bond acceptors (Lipinski definition) is 4. The van der Waals surface area contributed by atoms with E-state index in [-0.39, 0.29) is 11.9 Å². The summed E-state index contributed by atoms with van der Waals surface area (Å²) >= 11 is 0. The Balaban J connectivity index is 2.09. The van der Waals surface area contributed by atoms with E-state index in [2.05, 4.69) is 5.16 Å². The highest BCUT2D eigenvalue weighted by Gasteiger charge is 2.26. The number of likely N-dealkylation sites (tertiary alicyclic amines) is 1. The minimum atomic E-state index is -0.112. The zero-order chi connectivity index (χ0) is 10.1. The van der Waals surface area contributed by atoms with E-state index in [0.29, 0.717) is 18.8 Å². The number of nitrogens with two attached hydrogens (primary N) is 1. The SMILES string of the molecule is Cc1cc(C(=O)N2CC[C@@H](N)C2)on1. The summed E-state index contributed by atoms with van der Waals surface area (Å²) in [4.78, 5) is 13.4. The van der Waals surface area contributed by atoms with Crippen LogP contribution in [0.4, 0.5) is 0 Å². The van der Waals surface area contributed by atoms with Gasteiger partial charge in [-0.25, -0.2) is 0 Å². The fourth-order valence-electron chi connectivity index (χ4n) is 1.59. The number of carbonyl (C=O) groups is 1. The molecule has 1 aromatic rings. The second kappa shape index (κ2) is 3.42. The molecule has 14 heavy (non-hydrogen) atoms. The van der Waals surface area contributed by atoms with Crippen LogP contribution in [0.25, 0.3) is 0 Å². The number of amides is 1. The molecule has 2 N–H and O–H groups in total. The lowest BCUT2D eigenvalue weighted by Gasteiger charge is -2.12. The van der Waals surface area contributed by atoms with Crippen LogP contribution in [-0.4, -0.2) is 35.1 Å². The molecule has 1 aromatic heterocycles. The van der Waals surface area contributed by atoms with Crippen LogP contribution in [0.5, 0.6) is 0 Å². The van der Waals surface area contributed by atoms with Gasteiger partial charge in [0, 0.05) is 25.2 Å². The second-order valence-corrected chi connectivity index (χ2v) is 3.63. The molecule has 0 aromatic carbocycles. The molecule has 1 atom stereocenters. The molecule has 5 heteroatoms. The van der Waals surface area contributed by atoms with Crippen molar-refractivity contribution >= 4 is 5.91 Å². The standard InChI is InChI=1S/C9H13N3O2/c1-6-4-8(14-11-6)9(13)12-3-2-7(10)5-12/h4,7H,2-3,5,10H2,1H3/t7-/m1/s1. The summed E-state index contributed by atoms with van der Waals surface area (Å²) in [5, 5.41) is 3.67. The minimum Gasteiger partial charge on any atom is -0.351 e. The van der Waals surface area contributed by atoms with Crippen molar-refractivity contribution in [2.45, 2.75) is 19.4 Å². The molecule has 2 heterocycles. The zero-order valence-electron chi connectivity index (χ0n) is 8.06. The Kier molecular flexibility index (Phi) is 2.25. The lowest BCUT2D eigenvalue weighted by atomic mass is 10.3. The van der Waals surface area contributed by atoms with Crippen LogP contribution >= 0.6 is 0 Å². The van der Waals surface area contributed by atoms with E-state index in [4.69, 9.17) is 10.3 Å². The monoisotopic (exact) mass is 195 g/mol. The Hall–Kier alpha value is -1.36. The van der Waals surface area contributed by atoms with Crippen molar-refractivity contribution in [3.63, 3.8) is 0 Å². The summed E-state index contributed by atoms with van der Waals surface area (Å²) < 4.78 is 4.89. The molecule has 0 radical (unpaired) electrons. The molecule has 0 saturated carbocycles. The lowest BCUT2D eigenvalue weighted by molar-refractivity contribution is 0.0749. The zero-order valence-corrected chi connectivity index (χ0v) is 8.06. The van der Waals surface area contributed by atoms with Gasteiger partial charge in [-0.2, -0.15) is 0 Å². The van der Waals surface area contributed by atoms with E-state index in [9.17, 15) is 4.79 Å². The number of aryl methyl sites for hydroxylation is 1. The lowest BCUT2D eigenvalue weighted by Crippen LogP contribution is -2.31. The summed E-state index contributed by atoms with van der Waals surface area (Å²) in [6.45, 7) is 3.11. The minimum absolute atomic E-state index is 0.1000. The van der Waals surface area contributed by atoms with Crippen LogP contribution in [-0.2, 0) is 0 Å². The molecule has 76 valence electrons. The van der Waals surface area contributed by atoms with Crippen molar-refractivity contribution in [2.75, 3.05) is 13.1 Å². The van der Waals surface area contributed by atoms with Gasteiger partial charge in [-0.3, -0.25) is 4.79 Å². The second-order valence-electron chi connectivity index (χ2n) is 3.63. The van der Waals surface area contributed by atoms with E-state index >= 15 is 0 Å². The molecule has 0 aliphatic carbocycles. The topological polar surface area (TPSA) is 72.4 Å². The van der Waals surface area contributed by atoms with Crippen LogP contribution in [0, 0.1) is 6.92 Å². The van der Waals surface area contributed by atoms with Gasteiger partial charge in [-0.15, -0.1) is 0 Å². The Bertz CT molecular complexity index is 348. The van der Waals surface area contributed by atoms with E-state index in [1.807, 2.05) is 0 Å². The Morgan fingerprint density at radius 3 is 3.07 bits per heavy atom. The maximum atomic E-state index is 11.7. The third kappa shape index (κ3) is 1.63. The van der Waals surface area contributed by atoms with Gasteiger partial charge in [-0.1, -0.05) is 5.16 Å². The summed E-state index contributed by atoms with van der Waals surface area (Å²) in [5.41, 5.74) is 6.43. The quantitative estimate of drug-likeness (QED) is 0.692. The Morgan fingerprint density at radius 1 is 1.79 bits per heavy atom. The van der Waals surface area contributed by atoms with Crippen molar-refractivity contribution in [3.05, 3.63) is 17.5 Å². The molecule has 1 aliphatic rings. The Labute approximate surface area is 81.8 Å². The summed E-state index contributed by atoms with van der Waals surface area (Å²) in [6, 6.07) is 1.74. The van der Waals surface area contributed by atoms with Gasteiger partial charge in [0.15, 0.2) is 0 Å². The van der Waals surface area contributed by atoms with E-state index in [1.165, 1.54) is 0 Å². The molecule has 0 spiro atoms. The molecule has 1 saturated heterocycles. The normalized spacial score (nSPS) is 21.6. The maximum absolute atomic E-state index is 11.7. The third-order valence-corrected chi connectivity index (χ3v) is 2.35. The molecular weight excluding hydrogens is 182 g/mol. The predicted molar refractivity (Wildman–Crippen MR) is 49.7 cm³/mol. The highest BCUT2D eigenvalue weighted by Crippen LogP contribution is 2.12. The van der Waals surface area contributed by atoms with Crippen LogP contribution in [0.2, 0.25) is 0 Å². The fourth-order valence-corrected chi connectivity index (χ4v) is 1.59. The first-order valence-corrected chi connectivity index (χ1v) is 4.65. The first-order valence-electron chi connectivity index (χ1n) is 4.65. The van der Waals surface area contributed by atoms with Crippen LogP contribution in [0.15, 0.2) is 10.6 Å². The van der Waals surface area contributed by atoms with Gasteiger partial charge in [0.25, 0.3) is 5.91 Å². The van der Waals surface area contributed by atoms with Crippen molar-refractivity contribution in [2.24, 2.45) is 5.73 Å². The summed E-state index contributed by atoms with van der Waals surface area (Å²) in [6.07, 6.45) is 0.860. The van der Waals surface area contributed by atoms with Crippen molar-refractivity contribution in [3.8, 4) is 0 Å². The number of rotatable bonds is 1. The third-order valence-electron chi connectivity index (χ3n) is 2.35. The molecule has 0 unspecified atom stereocenters. The van der Waals surface area contributed by atoms with Gasteiger partial charge in [0.2, 0.25) is 5.76 Å². The number of nitrogens with zero attached hydrogens (tertiary/aromatic N) is 2. The Morgan fingerprint density at radius 2 is 2.57 bits per heavy atom. The number of carbonyl (C=O) groups excluding carboxylic acids is 1. The van der Waals surface area contributed by atoms with Crippen LogP contribution < -0.4 is 5.73 Å². The van der Waals surface area contributed by atoms with Crippen LogP contribution in [0.1, 0.15) is 22.7 Å². The van der Waals surface area contributed by atoms with E-state index in [0.717, 1.165) is 12.1 Å². The molecule has 1 fully saturated rings.